The summed E-state index contributed by atoms with van der Waals surface area (Å²) in [4.78, 5) is 15.3. The summed E-state index contributed by atoms with van der Waals surface area (Å²) in [6, 6.07) is 17.4. The van der Waals surface area contributed by atoms with Crippen LogP contribution in [0.15, 0.2) is 59.2 Å². The van der Waals surface area contributed by atoms with Crippen LogP contribution >= 0.6 is 0 Å². The molecule has 1 aromatic carbocycles. The van der Waals surface area contributed by atoms with Crippen molar-refractivity contribution in [1.29, 1.82) is 0 Å². The number of fused-ring (bicyclic) bond motifs is 1. The summed E-state index contributed by atoms with van der Waals surface area (Å²) in [5.74, 6) is 1.82. The number of hydrogen-bond acceptors (Lipinski definition) is 3. The van der Waals surface area contributed by atoms with E-state index in [1.54, 1.807) is 0 Å². The fourth-order valence-electron chi connectivity index (χ4n) is 5.90. The highest BCUT2D eigenvalue weighted by atomic mass is 16.3. The highest BCUT2D eigenvalue weighted by Crippen LogP contribution is 2.36. The number of nitrogens with zero attached hydrogens (tertiary/aromatic N) is 1. The first-order valence-corrected chi connectivity index (χ1v) is 13.3. The molecule has 0 aromatic heterocycles. The zero-order valence-electron chi connectivity index (χ0n) is 20.5. The third kappa shape index (κ3) is 5.38. The van der Waals surface area contributed by atoms with Crippen molar-refractivity contribution in [3.05, 3.63) is 71.5 Å². The lowest BCUT2D eigenvalue weighted by Gasteiger charge is -2.37. The number of carbonyl (C=O) groups is 1. The Hall–Kier alpha value is -2.59. The van der Waals surface area contributed by atoms with Crippen LogP contribution in [0.4, 0.5) is 0 Å². The van der Waals surface area contributed by atoms with Crippen LogP contribution in [0.5, 0.6) is 0 Å². The smallest absolute Gasteiger partial charge is 0.251 e. The number of likely N-dealkylation sites (tertiary alicyclic amines) is 1. The first-order chi connectivity index (χ1) is 16.7. The number of carbonyl (C=O) groups excluding carboxylic acids is 1. The largest absolute Gasteiger partial charge is 0.464 e. The number of piperidine rings is 1. The van der Waals surface area contributed by atoms with E-state index in [1.165, 1.54) is 61.8 Å². The maximum absolute atomic E-state index is 12.6. The Morgan fingerprint density at radius 1 is 1.03 bits per heavy atom. The van der Waals surface area contributed by atoms with Gasteiger partial charge in [-0.2, -0.15) is 0 Å². The van der Waals surface area contributed by atoms with Crippen molar-refractivity contribution in [2.45, 2.75) is 76.8 Å². The van der Waals surface area contributed by atoms with Crippen LogP contribution in [0.1, 0.15) is 85.8 Å². The molecule has 1 saturated heterocycles. The average molecular weight is 459 g/mol. The SMILES string of the molecule is CCc1ccc(C(=O)N[C@H]2CC[C@H](CCN3CCCCC3c3coc4cccc-4c3)CC2)cc1. The lowest BCUT2D eigenvalue weighted by molar-refractivity contribution is 0.0915. The summed E-state index contributed by atoms with van der Waals surface area (Å²) in [6.45, 7) is 4.49. The molecule has 2 aliphatic carbocycles. The first-order valence-electron chi connectivity index (χ1n) is 13.3. The molecule has 4 aliphatic rings. The maximum atomic E-state index is 12.6. The van der Waals surface area contributed by atoms with Gasteiger partial charge in [0, 0.05) is 28.8 Å². The summed E-state index contributed by atoms with van der Waals surface area (Å²) in [5, 5.41) is 3.28. The molecule has 1 atom stereocenters. The van der Waals surface area contributed by atoms with E-state index in [9.17, 15) is 4.79 Å². The van der Waals surface area contributed by atoms with E-state index in [0.717, 1.165) is 43.0 Å². The fourth-order valence-corrected chi connectivity index (χ4v) is 5.90. The summed E-state index contributed by atoms with van der Waals surface area (Å²) < 4.78 is 5.90. The van der Waals surface area contributed by atoms with Crippen molar-refractivity contribution in [1.82, 2.24) is 10.2 Å². The molecular formula is C30H38N2O2. The molecule has 1 aromatic rings. The lowest BCUT2D eigenvalue weighted by Crippen LogP contribution is -2.39. The van der Waals surface area contributed by atoms with Crippen molar-refractivity contribution in [3.8, 4) is 11.3 Å². The number of benzene rings is 1. The summed E-state index contributed by atoms with van der Waals surface area (Å²) >= 11 is 0. The molecule has 2 aliphatic heterocycles. The summed E-state index contributed by atoms with van der Waals surface area (Å²) in [5.41, 5.74) is 4.59. The molecule has 0 radical (unpaired) electrons. The van der Waals surface area contributed by atoms with Gasteiger partial charge in [-0.3, -0.25) is 9.69 Å². The van der Waals surface area contributed by atoms with Gasteiger partial charge in [-0.15, -0.1) is 0 Å². The molecule has 1 saturated carbocycles. The van der Waals surface area contributed by atoms with Crippen molar-refractivity contribution in [2.24, 2.45) is 5.92 Å². The molecule has 0 bridgehead atoms. The second-order valence-corrected chi connectivity index (χ2v) is 10.3. The summed E-state index contributed by atoms with van der Waals surface area (Å²) in [7, 11) is 0. The monoisotopic (exact) mass is 458 g/mol. The molecule has 2 fully saturated rings. The predicted octanol–water partition coefficient (Wildman–Crippen LogP) is 6.85. The number of nitrogens with one attached hydrogen (secondary N) is 1. The highest BCUT2D eigenvalue weighted by molar-refractivity contribution is 5.94. The Balaban J connectivity index is 1.10. The van der Waals surface area contributed by atoms with Crippen molar-refractivity contribution in [2.75, 3.05) is 13.1 Å². The first kappa shape index (κ1) is 23.2. The molecule has 1 amide bonds. The van der Waals surface area contributed by atoms with E-state index < -0.39 is 0 Å². The van der Waals surface area contributed by atoms with Crippen molar-refractivity contribution >= 4 is 5.91 Å². The van der Waals surface area contributed by atoms with E-state index in [4.69, 9.17) is 4.42 Å². The van der Waals surface area contributed by atoms with Crippen LogP contribution < -0.4 is 5.32 Å². The standard InChI is InChI=1S/C30H38N2O2/c1-2-22-9-13-24(14-10-22)30(33)31-27-15-11-23(12-16-27)17-19-32-18-4-3-7-28(32)26-20-25-6-5-8-29(25)34-21-26/h5-6,8-10,13-14,20-21,23,27-28H,2-4,7,11-12,15-19H2,1H3,(H,31,33)/t23-,27-,28?. The minimum atomic E-state index is 0.0782. The lowest BCUT2D eigenvalue weighted by atomic mass is 9.83. The van der Waals surface area contributed by atoms with Gasteiger partial charge in [-0.1, -0.05) is 37.6 Å². The molecule has 1 N–H and O–H groups in total. The minimum absolute atomic E-state index is 0.0782. The van der Waals surface area contributed by atoms with Crippen molar-refractivity contribution in [3.63, 3.8) is 0 Å². The van der Waals surface area contributed by atoms with Crippen molar-refractivity contribution < 1.29 is 9.21 Å². The molecule has 2 heterocycles. The van der Waals surface area contributed by atoms with Gasteiger partial charge in [-0.25, -0.2) is 0 Å². The number of rotatable bonds is 7. The zero-order chi connectivity index (χ0) is 23.3. The average Bonchev–Trinajstić information content (AvgIpc) is 3.36. The number of hydrogen-bond donors (Lipinski definition) is 1. The molecule has 34 heavy (non-hydrogen) atoms. The van der Waals surface area contributed by atoms with E-state index >= 15 is 0 Å². The second kappa shape index (κ2) is 10.8. The molecule has 1 unspecified atom stereocenters. The quantitative estimate of drug-likeness (QED) is 0.421. The zero-order valence-corrected chi connectivity index (χ0v) is 20.5. The minimum Gasteiger partial charge on any atom is -0.464 e. The number of amides is 1. The van der Waals surface area contributed by atoms with Gasteiger partial charge in [-0.05, 0) is 100 Å². The fraction of sp³-hybridized carbons (Fsp3) is 0.500. The Kier molecular flexibility index (Phi) is 7.34. The summed E-state index contributed by atoms with van der Waals surface area (Å²) in [6.07, 6.45) is 12.7. The Bertz CT molecular complexity index is 1030. The van der Waals surface area contributed by atoms with Gasteiger partial charge in [0.05, 0.1) is 6.26 Å². The molecule has 4 heteroatoms. The van der Waals surface area contributed by atoms with Crippen LogP contribution in [0.3, 0.4) is 0 Å². The van der Waals surface area contributed by atoms with Crippen LogP contribution in [0, 0.1) is 5.92 Å². The van der Waals surface area contributed by atoms with Gasteiger partial charge >= 0.3 is 0 Å². The van der Waals surface area contributed by atoms with Gasteiger partial charge in [0.2, 0.25) is 0 Å². The molecular weight excluding hydrogens is 420 g/mol. The number of aryl methyl sites for hydroxylation is 1. The van der Waals surface area contributed by atoms with Gasteiger partial charge in [0.1, 0.15) is 5.76 Å². The van der Waals surface area contributed by atoms with Gasteiger partial charge in [0.15, 0.2) is 0 Å². The third-order valence-electron chi connectivity index (χ3n) is 8.08. The van der Waals surface area contributed by atoms with Crippen LogP contribution in [-0.4, -0.2) is 29.9 Å². The Labute approximate surface area is 204 Å². The third-order valence-corrected chi connectivity index (χ3v) is 8.08. The van der Waals surface area contributed by atoms with E-state index in [1.807, 2.05) is 24.5 Å². The van der Waals surface area contributed by atoms with E-state index in [2.05, 4.69) is 47.5 Å². The maximum Gasteiger partial charge on any atom is 0.251 e. The highest BCUT2D eigenvalue weighted by Gasteiger charge is 2.28. The Morgan fingerprint density at radius 2 is 1.85 bits per heavy atom. The van der Waals surface area contributed by atoms with Crippen LogP contribution in [-0.2, 0) is 6.42 Å². The molecule has 5 rings (SSSR count). The van der Waals surface area contributed by atoms with Crippen LogP contribution in [0.25, 0.3) is 11.3 Å². The van der Waals surface area contributed by atoms with Gasteiger partial charge < -0.3 is 9.73 Å². The van der Waals surface area contributed by atoms with Gasteiger partial charge in [0.25, 0.3) is 5.91 Å². The predicted molar refractivity (Wildman–Crippen MR) is 137 cm³/mol. The normalized spacial score (nSPS) is 23.7. The molecule has 0 spiro atoms. The van der Waals surface area contributed by atoms with E-state index in [-0.39, 0.29) is 5.91 Å². The molecule has 4 nitrogen and oxygen atoms in total. The Morgan fingerprint density at radius 3 is 2.65 bits per heavy atom. The topological polar surface area (TPSA) is 45.5 Å². The second-order valence-electron chi connectivity index (χ2n) is 10.3. The van der Waals surface area contributed by atoms with E-state index in [0.29, 0.717) is 12.1 Å². The van der Waals surface area contributed by atoms with Crippen LogP contribution in [0.2, 0.25) is 0 Å². The molecule has 180 valence electrons.